The van der Waals surface area contributed by atoms with Crippen LogP contribution in [-0.2, 0) is 0 Å². The first-order valence-electron chi connectivity index (χ1n) is 6.35. The molecule has 1 nitrogen and oxygen atoms in total. The highest BCUT2D eigenvalue weighted by molar-refractivity contribution is 7.99. The van der Waals surface area contributed by atoms with Gasteiger partial charge in [0.05, 0.1) is 5.02 Å². The van der Waals surface area contributed by atoms with E-state index in [2.05, 4.69) is 26.1 Å². The Hall–Kier alpha value is 0.110. The van der Waals surface area contributed by atoms with Gasteiger partial charge in [-0.2, -0.15) is 0 Å². The average molecular weight is 306 g/mol. The summed E-state index contributed by atoms with van der Waals surface area (Å²) in [5.41, 5.74) is 0. The lowest BCUT2D eigenvalue weighted by Gasteiger charge is -2.22. The molecule has 0 spiro atoms. The Bertz CT molecular complexity index is 369. The number of halogens is 2. The van der Waals surface area contributed by atoms with Crippen LogP contribution in [0.25, 0.3) is 0 Å². The van der Waals surface area contributed by atoms with Gasteiger partial charge in [0.1, 0.15) is 0 Å². The van der Waals surface area contributed by atoms with Gasteiger partial charge in [0.2, 0.25) is 0 Å². The van der Waals surface area contributed by atoms with Crippen LogP contribution in [0.3, 0.4) is 0 Å². The fraction of sp³-hybridized carbons (Fsp3) is 0.571. The number of rotatable bonds is 7. The fourth-order valence-electron chi connectivity index (χ4n) is 1.58. The van der Waals surface area contributed by atoms with Crippen molar-refractivity contribution in [3.05, 3.63) is 28.2 Å². The fourth-order valence-corrected chi connectivity index (χ4v) is 3.38. The molecule has 0 aliphatic carbocycles. The number of benzene rings is 1. The molecule has 1 atom stereocenters. The highest BCUT2D eigenvalue weighted by atomic mass is 35.5. The second kappa shape index (κ2) is 8.31. The Morgan fingerprint density at radius 2 is 2.00 bits per heavy atom. The molecule has 0 heterocycles. The highest BCUT2D eigenvalue weighted by Crippen LogP contribution is 2.30. The molecule has 1 aromatic carbocycles. The van der Waals surface area contributed by atoms with Gasteiger partial charge in [-0.3, -0.25) is 0 Å². The van der Waals surface area contributed by atoms with Crippen LogP contribution in [0.1, 0.15) is 27.2 Å². The van der Waals surface area contributed by atoms with Crippen LogP contribution in [0.4, 0.5) is 0 Å². The molecule has 1 aromatic rings. The summed E-state index contributed by atoms with van der Waals surface area (Å²) in [7, 11) is 0. The third-order valence-corrected chi connectivity index (χ3v) is 4.62. The third-order valence-electron chi connectivity index (χ3n) is 2.77. The monoisotopic (exact) mass is 305 g/mol. The Morgan fingerprint density at radius 3 is 2.61 bits per heavy atom. The summed E-state index contributed by atoms with van der Waals surface area (Å²) in [6.45, 7) is 7.74. The van der Waals surface area contributed by atoms with Crippen LogP contribution in [0.15, 0.2) is 23.1 Å². The molecule has 0 amide bonds. The molecule has 0 saturated carbocycles. The van der Waals surface area contributed by atoms with Crippen molar-refractivity contribution in [3.8, 4) is 0 Å². The summed E-state index contributed by atoms with van der Waals surface area (Å²) >= 11 is 13.9. The quantitative estimate of drug-likeness (QED) is 0.703. The molecular formula is C14H21Cl2NS. The van der Waals surface area contributed by atoms with Gasteiger partial charge in [-0.15, -0.1) is 11.8 Å². The van der Waals surface area contributed by atoms with Crippen molar-refractivity contribution in [1.82, 2.24) is 5.32 Å². The van der Waals surface area contributed by atoms with E-state index in [1.807, 2.05) is 18.2 Å². The molecule has 1 rings (SSSR count). The molecule has 0 aromatic heterocycles. The zero-order chi connectivity index (χ0) is 13.5. The van der Waals surface area contributed by atoms with Crippen molar-refractivity contribution >= 4 is 35.0 Å². The van der Waals surface area contributed by atoms with Crippen LogP contribution in [0.2, 0.25) is 10.0 Å². The van der Waals surface area contributed by atoms with Gasteiger partial charge < -0.3 is 5.32 Å². The smallest absolute Gasteiger partial charge is 0.0542 e. The maximum absolute atomic E-state index is 6.16. The molecule has 1 N–H and O–H groups in total. The summed E-state index contributed by atoms with van der Waals surface area (Å²) in [5.74, 6) is 1.62. The lowest BCUT2D eigenvalue weighted by molar-refractivity contribution is 0.434. The van der Waals surface area contributed by atoms with E-state index in [0.29, 0.717) is 12.0 Å². The Balaban J connectivity index is 2.58. The van der Waals surface area contributed by atoms with E-state index in [4.69, 9.17) is 23.2 Å². The lowest BCUT2D eigenvalue weighted by Crippen LogP contribution is -2.36. The maximum atomic E-state index is 6.16. The Morgan fingerprint density at radius 1 is 1.28 bits per heavy atom. The molecule has 0 fully saturated rings. The van der Waals surface area contributed by atoms with Gasteiger partial charge in [0.25, 0.3) is 0 Å². The minimum absolute atomic E-state index is 0.505. The van der Waals surface area contributed by atoms with Gasteiger partial charge in [-0.1, -0.05) is 44.0 Å². The van der Waals surface area contributed by atoms with Crippen LogP contribution in [0, 0.1) is 5.92 Å². The molecule has 18 heavy (non-hydrogen) atoms. The predicted molar refractivity (Wildman–Crippen MR) is 84.1 cm³/mol. The van der Waals surface area contributed by atoms with Crippen LogP contribution < -0.4 is 5.32 Å². The van der Waals surface area contributed by atoms with Gasteiger partial charge in [0, 0.05) is 21.7 Å². The first-order chi connectivity index (χ1) is 8.54. The van der Waals surface area contributed by atoms with E-state index in [1.54, 1.807) is 11.8 Å². The molecule has 0 aliphatic heterocycles. The van der Waals surface area contributed by atoms with Crippen molar-refractivity contribution in [2.24, 2.45) is 5.92 Å². The van der Waals surface area contributed by atoms with Gasteiger partial charge in [-0.05, 0) is 37.1 Å². The van der Waals surface area contributed by atoms with Crippen LogP contribution in [0.5, 0.6) is 0 Å². The van der Waals surface area contributed by atoms with E-state index in [-0.39, 0.29) is 0 Å². The zero-order valence-corrected chi connectivity index (χ0v) is 13.5. The van der Waals surface area contributed by atoms with E-state index < -0.39 is 0 Å². The molecule has 4 heteroatoms. The summed E-state index contributed by atoms with van der Waals surface area (Å²) in [6, 6.07) is 6.12. The molecular weight excluding hydrogens is 285 g/mol. The standard InChI is InChI=1S/C14H21Cl2NS/c1-4-7-17-13(10(2)3)9-18-14-8-11(15)5-6-12(14)16/h5-6,8,10,13,17H,4,7,9H2,1-3H3. The van der Waals surface area contributed by atoms with E-state index in [1.165, 1.54) is 0 Å². The minimum atomic E-state index is 0.505. The second-order valence-corrected chi connectivity index (χ2v) is 6.60. The SMILES string of the molecule is CCCNC(CSc1cc(Cl)ccc1Cl)C(C)C. The average Bonchev–Trinajstić information content (AvgIpc) is 2.33. The first kappa shape index (κ1) is 16.2. The molecule has 0 bridgehead atoms. The maximum Gasteiger partial charge on any atom is 0.0542 e. The predicted octanol–water partition coefficient (Wildman–Crippen LogP) is 5.11. The molecule has 0 aliphatic rings. The van der Waals surface area contributed by atoms with Gasteiger partial charge in [-0.25, -0.2) is 0 Å². The zero-order valence-electron chi connectivity index (χ0n) is 11.2. The summed E-state index contributed by atoms with van der Waals surface area (Å²) < 4.78 is 0. The van der Waals surface area contributed by atoms with E-state index in [9.17, 15) is 0 Å². The topological polar surface area (TPSA) is 12.0 Å². The lowest BCUT2D eigenvalue weighted by atomic mass is 10.1. The number of hydrogen-bond acceptors (Lipinski definition) is 2. The van der Waals surface area contributed by atoms with Crippen molar-refractivity contribution in [2.45, 2.75) is 38.1 Å². The molecule has 1 unspecified atom stereocenters. The van der Waals surface area contributed by atoms with Gasteiger partial charge >= 0.3 is 0 Å². The van der Waals surface area contributed by atoms with E-state index in [0.717, 1.165) is 33.7 Å². The van der Waals surface area contributed by atoms with Crippen molar-refractivity contribution in [2.75, 3.05) is 12.3 Å². The molecule has 102 valence electrons. The number of nitrogens with one attached hydrogen (secondary N) is 1. The van der Waals surface area contributed by atoms with E-state index >= 15 is 0 Å². The normalized spacial score (nSPS) is 13.0. The molecule has 0 saturated heterocycles. The minimum Gasteiger partial charge on any atom is -0.313 e. The number of thioether (sulfide) groups is 1. The summed E-state index contributed by atoms with van der Waals surface area (Å²) in [6.07, 6.45) is 1.16. The Kier molecular flexibility index (Phi) is 7.47. The Labute approximate surface area is 125 Å². The summed E-state index contributed by atoms with van der Waals surface area (Å²) in [5, 5.41) is 5.10. The molecule has 0 radical (unpaired) electrons. The largest absolute Gasteiger partial charge is 0.313 e. The van der Waals surface area contributed by atoms with Crippen LogP contribution >= 0.6 is 35.0 Å². The third kappa shape index (κ3) is 5.40. The first-order valence-corrected chi connectivity index (χ1v) is 8.10. The van der Waals surface area contributed by atoms with Crippen LogP contribution in [-0.4, -0.2) is 18.3 Å². The van der Waals surface area contributed by atoms with Crippen molar-refractivity contribution < 1.29 is 0 Å². The highest BCUT2D eigenvalue weighted by Gasteiger charge is 2.13. The number of hydrogen-bond donors (Lipinski definition) is 1. The van der Waals surface area contributed by atoms with Gasteiger partial charge in [0.15, 0.2) is 0 Å². The van der Waals surface area contributed by atoms with Crippen molar-refractivity contribution in [3.63, 3.8) is 0 Å². The van der Waals surface area contributed by atoms with Crippen molar-refractivity contribution in [1.29, 1.82) is 0 Å². The second-order valence-electron chi connectivity index (χ2n) is 4.69. The summed E-state index contributed by atoms with van der Waals surface area (Å²) in [4.78, 5) is 1.06.